The van der Waals surface area contributed by atoms with Gasteiger partial charge in [-0.25, -0.2) is 19.7 Å². The summed E-state index contributed by atoms with van der Waals surface area (Å²) < 4.78 is 40.6. The van der Waals surface area contributed by atoms with Gasteiger partial charge < -0.3 is 20.5 Å². The number of carboxylic acid groups (broad SMARTS) is 1. The highest BCUT2D eigenvalue weighted by Gasteiger charge is 2.38. The summed E-state index contributed by atoms with van der Waals surface area (Å²) in [5.41, 5.74) is 2.95. The molecule has 218 valence electrons. The van der Waals surface area contributed by atoms with Gasteiger partial charge in [-0.05, 0) is 36.8 Å². The van der Waals surface area contributed by atoms with Crippen LogP contribution in [0.15, 0.2) is 67.0 Å². The van der Waals surface area contributed by atoms with Gasteiger partial charge in [0, 0.05) is 31.6 Å². The van der Waals surface area contributed by atoms with Crippen molar-refractivity contribution in [2.24, 2.45) is 7.05 Å². The van der Waals surface area contributed by atoms with Crippen LogP contribution in [0.2, 0.25) is 0 Å². The topological polar surface area (TPSA) is 149 Å². The molecule has 4 heterocycles. The molecule has 0 spiro atoms. The zero-order valence-corrected chi connectivity index (χ0v) is 22.5. The molecule has 0 bridgehead atoms. The van der Waals surface area contributed by atoms with Crippen molar-refractivity contribution >= 4 is 35.0 Å². The van der Waals surface area contributed by atoms with Gasteiger partial charge in [-0.2, -0.15) is 18.3 Å². The second-order valence-electron chi connectivity index (χ2n) is 8.80. The predicted molar refractivity (Wildman–Crippen MR) is 146 cm³/mol. The van der Waals surface area contributed by atoms with E-state index in [9.17, 15) is 18.0 Å². The Morgan fingerprint density at radius 1 is 1.00 bits per heavy atom. The van der Waals surface area contributed by atoms with E-state index < -0.39 is 12.1 Å². The quantitative estimate of drug-likeness (QED) is 0.254. The smallest absolute Gasteiger partial charge is 0.490 e. The molecule has 0 aliphatic heterocycles. The molecule has 0 unspecified atom stereocenters. The van der Waals surface area contributed by atoms with Gasteiger partial charge in [0.25, 0.3) is 0 Å². The van der Waals surface area contributed by atoms with Crippen LogP contribution in [0, 0.1) is 6.92 Å². The minimum atomic E-state index is -5.08. The molecule has 0 saturated carbocycles. The lowest BCUT2D eigenvalue weighted by atomic mass is 10.1. The summed E-state index contributed by atoms with van der Waals surface area (Å²) in [4.78, 5) is 35.5. The third-order valence-electron chi connectivity index (χ3n) is 5.58. The fraction of sp³-hybridized carbons (Fsp3) is 0.185. The first-order valence-electron chi connectivity index (χ1n) is 12.3. The predicted octanol–water partition coefficient (Wildman–Crippen LogP) is 4.40. The van der Waals surface area contributed by atoms with E-state index in [-0.39, 0.29) is 12.3 Å². The first-order valence-corrected chi connectivity index (χ1v) is 12.3. The first kappa shape index (κ1) is 29.5. The number of alkyl halides is 3. The number of carbonyl (C=O) groups excluding carboxylic acids is 1. The fourth-order valence-corrected chi connectivity index (χ4v) is 3.84. The van der Waals surface area contributed by atoms with Crippen LogP contribution >= 0.6 is 0 Å². The summed E-state index contributed by atoms with van der Waals surface area (Å²) in [5.74, 6) is -0.0453. The molecule has 1 aromatic carbocycles. The van der Waals surface area contributed by atoms with E-state index in [4.69, 9.17) is 19.6 Å². The maximum Gasteiger partial charge on any atom is 0.490 e. The fourth-order valence-electron chi connectivity index (χ4n) is 3.84. The van der Waals surface area contributed by atoms with Gasteiger partial charge in [-0.1, -0.05) is 18.2 Å². The number of hydrogen-bond donors (Lipinski definition) is 3. The molecule has 0 saturated heterocycles. The lowest BCUT2D eigenvalue weighted by molar-refractivity contribution is -0.192. The summed E-state index contributed by atoms with van der Waals surface area (Å²) in [6.45, 7) is 1.79. The van der Waals surface area contributed by atoms with Crippen LogP contribution in [0.25, 0.3) is 17.0 Å². The van der Waals surface area contributed by atoms with Crippen molar-refractivity contribution in [3.63, 3.8) is 0 Å². The summed E-state index contributed by atoms with van der Waals surface area (Å²) >= 11 is 0. The molecule has 0 fully saturated rings. The number of carbonyl (C=O) groups is 2. The molecule has 12 nitrogen and oxygen atoms in total. The van der Waals surface area contributed by atoms with Crippen molar-refractivity contribution in [1.29, 1.82) is 0 Å². The average molecular weight is 583 g/mol. The van der Waals surface area contributed by atoms with E-state index in [1.54, 1.807) is 24.8 Å². The number of benzene rings is 1. The Morgan fingerprint density at radius 2 is 1.76 bits per heavy atom. The summed E-state index contributed by atoms with van der Waals surface area (Å²) in [6, 6.07) is 16.8. The number of halogens is 3. The first-order chi connectivity index (χ1) is 19.9. The van der Waals surface area contributed by atoms with E-state index >= 15 is 0 Å². The number of nitrogens with one attached hydrogen (secondary N) is 2. The van der Waals surface area contributed by atoms with Crippen molar-refractivity contribution in [2.45, 2.75) is 19.5 Å². The number of carboxylic acids is 1. The Bertz CT molecular complexity index is 1730. The summed E-state index contributed by atoms with van der Waals surface area (Å²) in [5, 5.41) is 17.7. The van der Waals surface area contributed by atoms with Crippen molar-refractivity contribution in [3.05, 3.63) is 78.4 Å². The molecular weight excluding hydrogens is 557 g/mol. The van der Waals surface area contributed by atoms with Crippen LogP contribution in [0.5, 0.6) is 5.75 Å². The van der Waals surface area contributed by atoms with Crippen molar-refractivity contribution in [2.75, 3.05) is 17.7 Å². The highest BCUT2D eigenvalue weighted by molar-refractivity contribution is 5.92. The number of aromatic nitrogens is 6. The summed E-state index contributed by atoms with van der Waals surface area (Å²) in [7, 11) is 3.45. The van der Waals surface area contributed by atoms with E-state index in [2.05, 4.69) is 25.7 Å². The zero-order chi connectivity index (χ0) is 30.4. The lowest BCUT2D eigenvalue weighted by Gasteiger charge is -2.10. The largest absolute Gasteiger partial charge is 0.497 e. The molecule has 0 aliphatic carbocycles. The van der Waals surface area contributed by atoms with E-state index in [1.165, 1.54) is 0 Å². The second-order valence-corrected chi connectivity index (χ2v) is 8.80. The van der Waals surface area contributed by atoms with Crippen LogP contribution in [-0.2, 0) is 23.1 Å². The van der Waals surface area contributed by atoms with Crippen LogP contribution in [0.4, 0.5) is 30.6 Å². The van der Waals surface area contributed by atoms with Crippen molar-refractivity contribution < 1.29 is 32.6 Å². The van der Waals surface area contributed by atoms with Gasteiger partial charge >= 0.3 is 12.1 Å². The third-order valence-corrected chi connectivity index (χ3v) is 5.58. The maximum atomic E-state index is 12.8. The number of nitrogens with zero attached hydrogens (tertiary/aromatic N) is 6. The highest BCUT2D eigenvalue weighted by atomic mass is 19.4. The number of methoxy groups -OCH3 is 1. The van der Waals surface area contributed by atoms with Crippen molar-refractivity contribution in [3.8, 4) is 17.1 Å². The van der Waals surface area contributed by atoms with Crippen molar-refractivity contribution in [1.82, 2.24) is 29.1 Å². The number of fused-ring (bicyclic) bond motifs is 1. The van der Waals surface area contributed by atoms with Crippen LogP contribution < -0.4 is 15.4 Å². The number of aliphatic carboxylic acids is 1. The molecule has 3 N–H and O–H groups in total. The van der Waals surface area contributed by atoms with Crippen LogP contribution in [0.3, 0.4) is 0 Å². The minimum absolute atomic E-state index is 0.188. The number of pyridine rings is 1. The minimum Gasteiger partial charge on any atom is -0.497 e. The highest BCUT2D eigenvalue weighted by Crippen LogP contribution is 2.31. The lowest BCUT2D eigenvalue weighted by Crippen LogP contribution is -2.21. The Labute approximate surface area is 236 Å². The number of anilines is 3. The van der Waals surface area contributed by atoms with Crippen LogP contribution in [0.1, 0.15) is 11.4 Å². The maximum absolute atomic E-state index is 12.8. The molecule has 0 radical (unpaired) electrons. The molecule has 42 heavy (non-hydrogen) atoms. The van der Waals surface area contributed by atoms with E-state index in [0.717, 1.165) is 16.9 Å². The van der Waals surface area contributed by atoms with E-state index in [1.807, 2.05) is 72.4 Å². The Kier molecular flexibility index (Phi) is 8.69. The number of hydrogen-bond acceptors (Lipinski definition) is 8. The Hall–Kier alpha value is -5.47. The standard InChI is InChI=1S/C25H24N8O2.C2HF3O2/c1-16-26-19(15-21(27-16)28-23(34)14-17-7-6-8-18(13-17)35-3)24-25(29-20-10-12-32(2)31-20)30-22-9-4-5-11-33(22)24;3-2(4,5)1(6)7/h4-13,15H,14H2,1-3H3,(H,29,31)(H,26,27,28,34);(H,6,7). The van der Waals surface area contributed by atoms with Gasteiger partial charge in [-0.3, -0.25) is 13.9 Å². The SMILES string of the molecule is COc1cccc(CC(=O)Nc2cc(-c3c(Nc4ccn(C)n4)nc4ccccn34)nc(C)n2)c1.O=C(O)C(F)(F)F. The van der Waals surface area contributed by atoms with Gasteiger partial charge in [0.1, 0.15) is 28.7 Å². The van der Waals surface area contributed by atoms with Gasteiger partial charge in [0.2, 0.25) is 5.91 Å². The molecule has 1 amide bonds. The Morgan fingerprint density at radius 3 is 2.43 bits per heavy atom. The molecule has 4 aromatic heterocycles. The molecule has 5 aromatic rings. The van der Waals surface area contributed by atoms with E-state index in [0.29, 0.717) is 34.7 Å². The molecule has 0 atom stereocenters. The van der Waals surface area contributed by atoms with Gasteiger partial charge in [0.05, 0.1) is 19.2 Å². The molecule has 0 aliphatic rings. The second kappa shape index (κ2) is 12.4. The zero-order valence-electron chi connectivity index (χ0n) is 22.5. The Balaban J connectivity index is 0.000000517. The molecular formula is C27H25F3N8O4. The summed E-state index contributed by atoms with van der Waals surface area (Å²) in [6.07, 6.45) is -1.12. The third kappa shape index (κ3) is 7.38. The number of aryl methyl sites for hydroxylation is 2. The number of rotatable bonds is 7. The monoisotopic (exact) mass is 582 g/mol. The van der Waals surface area contributed by atoms with Gasteiger partial charge in [0.15, 0.2) is 11.6 Å². The number of ether oxygens (including phenoxy) is 1. The number of amides is 1. The number of imidazole rings is 1. The van der Waals surface area contributed by atoms with Gasteiger partial charge in [-0.15, -0.1) is 0 Å². The normalized spacial score (nSPS) is 11.0. The average Bonchev–Trinajstić information content (AvgIpc) is 3.50. The van der Waals surface area contributed by atoms with Crippen LogP contribution in [-0.4, -0.2) is 59.4 Å². The molecule has 15 heteroatoms. The molecule has 5 rings (SSSR count).